The molecule has 0 bridgehead atoms. The summed E-state index contributed by atoms with van der Waals surface area (Å²) in [5.41, 5.74) is 0.308. The van der Waals surface area contributed by atoms with Gasteiger partial charge in [0.1, 0.15) is 0 Å². The molecule has 1 aromatic carbocycles. The molecule has 1 aliphatic heterocycles. The molecule has 0 spiro atoms. The Kier molecular flexibility index (Phi) is 6.28. The summed E-state index contributed by atoms with van der Waals surface area (Å²) in [7, 11) is 1.33. The van der Waals surface area contributed by atoms with Crippen molar-refractivity contribution >= 4 is 5.91 Å². The predicted octanol–water partition coefficient (Wildman–Crippen LogP) is 2.04. The molecule has 146 valence electrons. The number of furan rings is 1. The fraction of sp³-hybridized carbons (Fsp3) is 0.421. The van der Waals surface area contributed by atoms with Crippen molar-refractivity contribution in [1.29, 1.82) is 0 Å². The van der Waals surface area contributed by atoms with E-state index >= 15 is 0 Å². The van der Waals surface area contributed by atoms with Crippen molar-refractivity contribution < 1.29 is 32.4 Å². The van der Waals surface area contributed by atoms with Crippen LogP contribution in [0.5, 0.6) is 11.5 Å². The molecule has 1 fully saturated rings. The minimum absolute atomic E-state index is 0.0368. The zero-order chi connectivity index (χ0) is 19.2. The molecule has 3 rings (SSSR count). The number of carbonyl (C=O) groups is 1. The monoisotopic (exact) mass is 381 g/mol. The maximum absolute atomic E-state index is 12.5. The molecule has 1 amide bonds. The third kappa shape index (κ3) is 4.77. The summed E-state index contributed by atoms with van der Waals surface area (Å²) in [4.78, 5) is 13.9. The van der Waals surface area contributed by atoms with Crippen molar-refractivity contribution in [2.45, 2.75) is 25.5 Å². The first-order valence-electron chi connectivity index (χ1n) is 8.87. The highest BCUT2D eigenvalue weighted by Crippen LogP contribution is 2.29. The predicted molar refractivity (Wildman–Crippen MR) is 93.3 cm³/mol. The van der Waals surface area contributed by atoms with Crippen molar-refractivity contribution in [3.63, 3.8) is 0 Å². The van der Waals surface area contributed by atoms with Gasteiger partial charge in [0, 0.05) is 18.4 Å². The Labute approximate surface area is 156 Å². The molecule has 1 atom stereocenters. The average molecular weight is 381 g/mol. The fourth-order valence-electron chi connectivity index (χ4n) is 3.41. The van der Waals surface area contributed by atoms with Gasteiger partial charge in [-0.05, 0) is 30.3 Å². The number of likely N-dealkylation sites (tertiary alicyclic amines) is 1. The van der Waals surface area contributed by atoms with Crippen LogP contribution in [0.15, 0.2) is 41.0 Å². The van der Waals surface area contributed by atoms with Crippen molar-refractivity contribution in [3.05, 3.63) is 47.9 Å². The normalized spacial score (nSPS) is 15.7. The third-order valence-corrected chi connectivity index (χ3v) is 4.73. The summed E-state index contributed by atoms with van der Waals surface area (Å²) >= 11 is 0. The molecule has 2 heterocycles. The standard InChI is InChI=1S/C19H22F2N2O4/c1-25-17-11-13(6-7-16(17)27-19(20)21)18(24)22-12-14(15-5-4-10-26-15)23-8-2-3-9-23/h4-7,10-11,14,19H,2-3,8-9,12H2,1H3,(H,22,24)/p+1/t14-/m0/s1. The van der Waals surface area contributed by atoms with Crippen LogP contribution in [0.4, 0.5) is 8.78 Å². The van der Waals surface area contributed by atoms with Crippen LogP contribution in [-0.2, 0) is 0 Å². The molecule has 2 aromatic rings. The maximum Gasteiger partial charge on any atom is 0.387 e. The van der Waals surface area contributed by atoms with Crippen LogP contribution in [0.25, 0.3) is 0 Å². The van der Waals surface area contributed by atoms with Crippen LogP contribution in [-0.4, -0.2) is 39.3 Å². The van der Waals surface area contributed by atoms with Gasteiger partial charge in [0.15, 0.2) is 23.3 Å². The Morgan fingerprint density at radius 1 is 1.26 bits per heavy atom. The van der Waals surface area contributed by atoms with E-state index in [9.17, 15) is 13.6 Å². The maximum atomic E-state index is 12.5. The first-order valence-corrected chi connectivity index (χ1v) is 8.87. The van der Waals surface area contributed by atoms with E-state index in [-0.39, 0.29) is 23.4 Å². The van der Waals surface area contributed by atoms with Crippen LogP contribution >= 0.6 is 0 Å². The molecule has 1 aromatic heterocycles. The van der Waals surface area contributed by atoms with Gasteiger partial charge < -0.3 is 24.1 Å². The number of methoxy groups -OCH3 is 1. The number of alkyl halides is 2. The van der Waals surface area contributed by atoms with Crippen molar-refractivity contribution in [3.8, 4) is 11.5 Å². The number of quaternary nitrogens is 1. The lowest BCUT2D eigenvalue weighted by Crippen LogP contribution is -3.11. The second-order valence-electron chi connectivity index (χ2n) is 6.39. The van der Waals surface area contributed by atoms with Crippen molar-refractivity contribution in [2.75, 3.05) is 26.7 Å². The van der Waals surface area contributed by atoms with E-state index in [1.54, 1.807) is 6.26 Å². The van der Waals surface area contributed by atoms with Gasteiger partial charge in [-0.3, -0.25) is 4.79 Å². The quantitative estimate of drug-likeness (QED) is 0.735. The lowest BCUT2D eigenvalue weighted by Gasteiger charge is -2.23. The number of ether oxygens (including phenoxy) is 2. The molecule has 6 nitrogen and oxygen atoms in total. The molecule has 2 N–H and O–H groups in total. The number of nitrogens with one attached hydrogen (secondary N) is 2. The second-order valence-corrected chi connectivity index (χ2v) is 6.39. The summed E-state index contributed by atoms with van der Waals surface area (Å²) in [5, 5.41) is 2.91. The summed E-state index contributed by atoms with van der Waals surface area (Å²) in [6.07, 6.45) is 3.94. The van der Waals surface area contributed by atoms with Crippen molar-refractivity contribution in [1.82, 2.24) is 5.32 Å². The Morgan fingerprint density at radius 2 is 2.04 bits per heavy atom. The molecule has 1 aliphatic rings. The Balaban J connectivity index is 1.68. The topological polar surface area (TPSA) is 65.1 Å². The van der Waals surface area contributed by atoms with E-state index in [1.807, 2.05) is 12.1 Å². The molecular formula is C19H23F2N2O4+. The van der Waals surface area contributed by atoms with E-state index in [0.717, 1.165) is 31.7 Å². The molecular weight excluding hydrogens is 358 g/mol. The number of hydrogen-bond acceptors (Lipinski definition) is 4. The number of carbonyl (C=O) groups excluding carboxylic acids is 1. The van der Waals surface area contributed by atoms with Crippen LogP contribution in [0.1, 0.15) is 35.0 Å². The second kappa shape index (κ2) is 8.85. The van der Waals surface area contributed by atoms with E-state index in [1.165, 1.54) is 30.2 Å². The van der Waals surface area contributed by atoms with E-state index in [2.05, 4.69) is 10.1 Å². The highest BCUT2D eigenvalue weighted by Gasteiger charge is 2.30. The van der Waals surface area contributed by atoms with E-state index in [0.29, 0.717) is 12.1 Å². The number of amides is 1. The fourth-order valence-corrected chi connectivity index (χ4v) is 3.41. The third-order valence-electron chi connectivity index (χ3n) is 4.73. The zero-order valence-corrected chi connectivity index (χ0v) is 15.0. The highest BCUT2D eigenvalue weighted by molar-refractivity contribution is 5.94. The van der Waals surface area contributed by atoms with Crippen LogP contribution in [0.2, 0.25) is 0 Å². The first kappa shape index (κ1) is 19.2. The lowest BCUT2D eigenvalue weighted by molar-refractivity contribution is -0.919. The van der Waals surface area contributed by atoms with Crippen LogP contribution < -0.4 is 19.7 Å². The molecule has 0 aliphatic carbocycles. The van der Waals surface area contributed by atoms with Gasteiger partial charge in [-0.1, -0.05) is 0 Å². The van der Waals surface area contributed by atoms with Gasteiger partial charge in [0.25, 0.3) is 5.91 Å². The molecule has 1 saturated heterocycles. The zero-order valence-electron chi connectivity index (χ0n) is 15.0. The highest BCUT2D eigenvalue weighted by atomic mass is 19.3. The summed E-state index contributed by atoms with van der Waals surface area (Å²) in [5.74, 6) is 0.493. The van der Waals surface area contributed by atoms with Crippen molar-refractivity contribution in [2.24, 2.45) is 0 Å². The summed E-state index contributed by atoms with van der Waals surface area (Å²) in [6, 6.07) is 7.91. The minimum Gasteiger partial charge on any atom is -0.493 e. The molecule has 27 heavy (non-hydrogen) atoms. The van der Waals surface area contributed by atoms with Gasteiger partial charge >= 0.3 is 6.61 Å². The SMILES string of the molecule is COc1cc(C(=O)NC[C@@H](c2ccco2)[NH+]2CCCC2)ccc1OC(F)F. The first-order chi connectivity index (χ1) is 13.1. The van der Waals surface area contributed by atoms with Gasteiger partial charge in [-0.15, -0.1) is 0 Å². The van der Waals surface area contributed by atoms with Gasteiger partial charge in [-0.25, -0.2) is 0 Å². The van der Waals surface area contributed by atoms with Gasteiger partial charge in [0.05, 0.1) is 33.0 Å². The lowest BCUT2D eigenvalue weighted by atomic mass is 10.1. The summed E-state index contributed by atoms with van der Waals surface area (Å²) < 4.78 is 39.8. The molecule has 8 heteroatoms. The molecule has 0 saturated carbocycles. The van der Waals surface area contributed by atoms with Gasteiger partial charge in [0.2, 0.25) is 0 Å². The average Bonchev–Trinajstić information content (AvgIpc) is 3.36. The number of halogens is 2. The number of rotatable bonds is 8. The van der Waals surface area contributed by atoms with E-state index in [4.69, 9.17) is 9.15 Å². The largest absolute Gasteiger partial charge is 0.493 e. The Morgan fingerprint density at radius 3 is 2.67 bits per heavy atom. The number of hydrogen-bond donors (Lipinski definition) is 2. The van der Waals surface area contributed by atoms with E-state index < -0.39 is 6.61 Å². The van der Waals surface area contributed by atoms with Crippen LogP contribution in [0, 0.1) is 0 Å². The Hall–Kier alpha value is -2.61. The molecule has 0 radical (unpaired) electrons. The van der Waals surface area contributed by atoms with Gasteiger partial charge in [-0.2, -0.15) is 8.78 Å². The summed E-state index contributed by atoms with van der Waals surface area (Å²) in [6.45, 7) is -0.473. The minimum atomic E-state index is -2.96. The number of benzene rings is 1. The Bertz CT molecular complexity index is 746. The smallest absolute Gasteiger partial charge is 0.387 e. The molecule has 0 unspecified atom stereocenters. The van der Waals surface area contributed by atoms with Crippen LogP contribution in [0.3, 0.4) is 0 Å².